The number of thiophene rings is 1. The molecule has 0 spiro atoms. The number of ether oxygens (including phenoxy) is 1. The Balaban J connectivity index is 0.000000317. The van der Waals surface area contributed by atoms with Gasteiger partial charge in [0.1, 0.15) is 6.61 Å². The van der Waals surface area contributed by atoms with Crippen LogP contribution in [0.5, 0.6) is 0 Å². The molecule has 4 N–H and O–H groups in total. The van der Waals surface area contributed by atoms with Crippen LogP contribution in [0.1, 0.15) is 82.1 Å². The lowest BCUT2D eigenvalue weighted by Gasteiger charge is -2.29. The Kier molecular flexibility index (Phi) is 13.0. The van der Waals surface area contributed by atoms with E-state index in [1.165, 1.54) is 63.4 Å². The van der Waals surface area contributed by atoms with Crippen molar-refractivity contribution in [1.82, 2.24) is 4.90 Å². The van der Waals surface area contributed by atoms with Crippen LogP contribution in [0.25, 0.3) is 0 Å². The molecule has 2 heterocycles. The maximum absolute atomic E-state index is 12.8. The Morgan fingerprint density at radius 1 is 0.946 bits per heavy atom. The van der Waals surface area contributed by atoms with Crippen molar-refractivity contribution in [1.29, 1.82) is 0 Å². The zero-order chi connectivity index (χ0) is 27.3. The molecule has 0 radical (unpaired) electrons. The third-order valence-corrected chi connectivity index (χ3v) is 7.61. The highest BCUT2D eigenvalue weighted by Crippen LogP contribution is 2.37. The van der Waals surface area contributed by atoms with Crippen molar-refractivity contribution in [3.63, 3.8) is 0 Å². The fraction of sp³-hybridized carbons (Fsp3) is 0.692. The molecular weight excluding hydrogens is 502 g/mol. The zero-order valence-corrected chi connectivity index (χ0v) is 22.0. The number of aliphatic hydroxyl groups is 1. The van der Waals surface area contributed by atoms with Gasteiger partial charge in [-0.1, -0.05) is 32.1 Å². The molecule has 1 aliphatic heterocycles. The molecule has 1 aliphatic carbocycles. The van der Waals surface area contributed by atoms with Gasteiger partial charge in [-0.3, -0.25) is 19.3 Å². The summed E-state index contributed by atoms with van der Waals surface area (Å²) < 4.78 is 5.75. The molecule has 0 amide bonds. The van der Waals surface area contributed by atoms with Gasteiger partial charge in [-0.15, -0.1) is 0 Å². The molecule has 0 bridgehead atoms. The Bertz CT molecular complexity index is 843. The van der Waals surface area contributed by atoms with Gasteiger partial charge >= 0.3 is 23.9 Å². The number of hydrogen-bond donors (Lipinski definition) is 4. The first kappa shape index (κ1) is 30.7. The Labute approximate surface area is 221 Å². The molecule has 1 aromatic heterocycles. The second-order valence-electron chi connectivity index (χ2n) is 9.83. The van der Waals surface area contributed by atoms with Gasteiger partial charge in [0, 0.05) is 6.54 Å². The summed E-state index contributed by atoms with van der Waals surface area (Å²) in [5.41, 5.74) is -1.57. The summed E-state index contributed by atoms with van der Waals surface area (Å²) in [6.07, 6.45) is 9.14. The fourth-order valence-corrected chi connectivity index (χ4v) is 5.66. The van der Waals surface area contributed by atoms with Crippen molar-refractivity contribution in [2.24, 2.45) is 5.92 Å². The molecule has 1 saturated carbocycles. The van der Waals surface area contributed by atoms with E-state index in [4.69, 9.17) is 25.2 Å². The van der Waals surface area contributed by atoms with Crippen LogP contribution in [0.2, 0.25) is 0 Å². The smallest absolute Gasteiger partial charge is 0.336 e. The van der Waals surface area contributed by atoms with E-state index in [1.54, 1.807) is 11.3 Å². The van der Waals surface area contributed by atoms with E-state index in [-0.39, 0.29) is 11.9 Å². The number of carboxylic acids is 3. The summed E-state index contributed by atoms with van der Waals surface area (Å²) in [4.78, 5) is 45.8. The highest BCUT2D eigenvalue weighted by Gasteiger charge is 2.40. The number of nitrogens with zero attached hydrogens (tertiary/aromatic N) is 1. The van der Waals surface area contributed by atoms with Crippen molar-refractivity contribution < 1.29 is 44.3 Å². The molecule has 37 heavy (non-hydrogen) atoms. The largest absolute Gasteiger partial charge is 0.481 e. The van der Waals surface area contributed by atoms with E-state index in [0.29, 0.717) is 12.5 Å². The van der Waals surface area contributed by atoms with Gasteiger partial charge in [-0.05, 0) is 67.1 Å². The molecule has 2 fully saturated rings. The lowest BCUT2D eigenvalue weighted by molar-refractivity contribution is -0.170. The highest BCUT2D eigenvalue weighted by atomic mass is 32.1. The summed E-state index contributed by atoms with van der Waals surface area (Å²) in [6, 6.07) is 2.11. The van der Waals surface area contributed by atoms with E-state index >= 15 is 0 Å². The average molecular weight is 542 g/mol. The number of aliphatic carboxylic acids is 3. The first-order chi connectivity index (χ1) is 17.6. The van der Waals surface area contributed by atoms with Crippen LogP contribution < -0.4 is 0 Å². The predicted octanol–water partition coefficient (Wildman–Crippen LogP) is 3.58. The van der Waals surface area contributed by atoms with Gasteiger partial charge < -0.3 is 25.2 Å². The van der Waals surface area contributed by atoms with E-state index in [0.717, 1.165) is 19.6 Å². The maximum atomic E-state index is 12.8. The van der Waals surface area contributed by atoms with Crippen LogP contribution in [0.15, 0.2) is 16.8 Å². The van der Waals surface area contributed by atoms with Crippen LogP contribution in [0.3, 0.4) is 0 Å². The van der Waals surface area contributed by atoms with E-state index in [1.807, 2.05) is 0 Å². The zero-order valence-electron chi connectivity index (χ0n) is 21.2. The molecule has 10 nitrogen and oxygen atoms in total. The first-order valence-corrected chi connectivity index (χ1v) is 13.9. The maximum Gasteiger partial charge on any atom is 0.336 e. The summed E-state index contributed by atoms with van der Waals surface area (Å²) >= 11 is 1.68. The third-order valence-electron chi connectivity index (χ3n) is 6.91. The topological polar surface area (TPSA) is 162 Å². The molecule has 2 aliphatic rings. The summed E-state index contributed by atoms with van der Waals surface area (Å²) in [6.45, 7) is 3.77. The fourth-order valence-electron chi connectivity index (χ4n) is 4.96. The number of carbonyl (C=O) groups excluding carboxylic acids is 1. The minimum absolute atomic E-state index is 0.00937. The molecule has 11 heteroatoms. The van der Waals surface area contributed by atoms with Gasteiger partial charge in [0.25, 0.3) is 0 Å². The van der Waals surface area contributed by atoms with E-state index in [9.17, 15) is 19.2 Å². The Morgan fingerprint density at radius 3 is 2.00 bits per heavy atom. The number of esters is 1. The summed E-state index contributed by atoms with van der Waals surface area (Å²) in [5, 5.41) is 38.0. The molecule has 1 atom stereocenters. The van der Waals surface area contributed by atoms with Crippen molar-refractivity contribution in [2.45, 2.75) is 82.1 Å². The normalized spacial score (nSPS) is 18.1. The van der Waals surface area contributed by atoms with Crippen molar-refractivity contribution >= 4 is 35.2 Å². The Hall–Kier alpha value is -2.50. The van der Waals surface area contributed by atoms with Gasteiger partial charge in [0.05, 0.1) is 18.8 Å². The van der Waals surface area contributed by atoms with Crippen molar-refractivity contribution in [2.75, 3.05) is 26.2 Å². The molecule has 0 unspecified atom stereocenters. The molecule has 1 saturated heterocycles. The van der Waals surface area contributed by atoms with Crippen LogP contribution in [-0.4, -0.2) is 81.0 Å². The van der Waals surface area contributed by atoms with Crippen LogP contribution in [-0.2, 0) is 23.9 Å². The quantitative estimate of drug-likeness (QED) is 0.305. The number of carbonyl (C=O) groups is 4. The number of rotatable bonds is 11. The second kappa shape index (κ2) is 15.7. The molecule has 1 aromatic rings. The van der Waals surface area contributed by atoms with E-state index < -0.39 is 36.4 Å². The third kappa shape index (κ3) is 10.8. The Morgan fingerprint density at radius 2 is 1.51 bits per heavy atom. The minimum Gasteiger partial charge on any atom is -0.481 e. The average Bonchev–Trinajstić information content (AvgIpc) is 3.22. The van der Waals surface area contributed by atoms with Gasteiger partial charge in [-0.25, -0.2) is 4.79 Å². The van der Waals surface area contributed by atoms with E-state index in [2.05, 4.69) is 21.7 Å². The lowest BCUT2D eigenvalue weighted by Crippen LogP contribution is -2.42. The molecule has 3 rings (SSSR count). The summed E-state index contributed by atoms with van der Waals surface area (Å²) in [7, 11) is 0. The second-order valence-corrected chi connectivity index (χ2v) is 10.6. The number of hydrogen-bond acceptors (Lipinski definition) is 8. The van der Waals surface area contributed by atoms with Crippen molar-refractivity contribution in [3.8, 4) is 0 Å². The van der Waals surface area contributed by atoms with Gasteiger partial charge in [0.15, 0.2) is 5.60 Å². The van der Waals surface area contributed by atoms with Crippen LogP contribution >= 0.6 is 11.3 Å². The number of carboxylic acid groups (broad SMARTS) is 3. The minimum atomic E-state index is -2.74. The molecule has 208 valence electrons. The SMILES string of the molecule is O=C(O)CC(O)(CC(=O)O)C(=O)O.O=C(OCCN1CCCCCC1)[C@@H](c1ccsc1)C1CCCCC1. The molecule has 0 aromatic carbocycles. The highest BCUT2D eigenvalue weighted by molar-refractivity contribution is 7.08. The van der Waals surface area contributed by atoms with Gasteiger partial charge in [-0.2, -0.15) is 11.3 Å². The summed E-state index contributed by atoms with van der Waals surface area (Å²) in [5.74, 6) is -4.58. The van der Waals surface area contributed by atoms with Crippen LogP contribution in [0, 0.1) is 5.92 Å². The molecular formula is C26H39NO9S. The lowest BCUT2D eigenvalue weighted by atomic mass is 9.77. The predicted molar refractivity (Wildman–Crippen MR) is 137 cm³/mol. The van der Waals surface area contributed by atoms with Gasteiger partial charge in [0.2, 0.25) is 0 Å². The van der Waals surface area contributed by atoms with Crippen molar-refractivity contribution in [3.05, 3.63) is 22.4 Å². The monoisotopic (exact) mass is 541 g/mol. The van der Waals surface area contributed by atoms with Crippen LogP contribution in [0.4, 0.5) is 0 Å². The number of likely N-dealkylation sites (tertiary alicyclic amines) is 1. The first-order valence-electron chi connectivity index (χ1n) is 12.9. The standard InChI is InChI=1S/C20H31NO2S.C6H8O7/c22-20(23-14-13-21-11-6-1-2-7-12-21)19(18-10-15-24-16-18)17-8-4-3-5-9-17;7-3(8)1-6(13,5(11)12)2-4(9)10/h10,15-17,19H,1-9,11-14H2;13H,1-2H2,(H,7,8)(H,9,10)(H,11,12)/t19-;/m1./s1.